The van der Waals surface area contributed by atoms with E-state index in [1.165, 1.54) is 4.90 Å². The number of carbonyl (C=O) groups is 1. The summed E-state index contributed by atoms with van der Waals surface area (Å²) in [5, 5.41) is 47.9. The van der Waals surface area contributed by atoms with Gasteiger partial charge in [-0.15, -0.1) is 0 Å². The Hall–Kier alpha value is -0.146. The van der Waals surface area contributed by atoms with Crippen LogP contribution in [0.3, 0.4) is 0 Å². The number of hydrogen-bond acceptors (Lipinski definition) is 6. The van der Waals surface area contributed by atoms with Gasteiger partial charge in [0.25, 0.3) is 0 Å². The first-order valence-corrected chi connectivity index (χ1v) is 7.14. The first-order chi connectivity index (χ1) is 9.47. The molecule has 0 aliphatic heterocycles. The molecule has 1 radical (unpaired) electrons. The number of hydrogen-bond donors (Lipinski definition) is 5. The van der Waals surface area contributed by atoms with Crippen LogP contribution in [0.4, 0.5) is 0 Å². The molecule has 0 amide bonds. The van der Waals surface area contributed by atoms with Gasteiger partial charge >= 0.3 is 5.97 Å². The van der Waals surface area contributed by atoms with Crippen molar-refractivity contribution in [3.05, 3.63) is 0 Å². The van der Waals surface area contributed by atoms with Crippen LogP contribution >= 0.6 is 0 Å². The second kappa shape index (κ2) is 10.6. The van der Waals surface area contributed by atoms with Crippen LogP contribution in [-0.4, -0.2) is 80.5 Å². The summed E-state index contributed by atoms with van der Waals surface area (Å²) in [6, 6.07) is 0. The van der Waals surface area contributed by atoms with Gasteiger partial charge < -0.3 is 25.5 Å². The molecule has 0 fully saturated rings. The first kappa shape index (κ1) is 24.1. The maximum atomic E-state index is 10.9. The molecule has 4 atom stereocenters. The normalized spacial score (nSPS) is 17.5. The molecule has 0 aliphatic rings. The Bertz CT molecular complexity index is 323. The van der Waals surface area contributed by atoms with Gasteiger partial charge in [0.2, 0.25) is 0 Å². The van der Waals surface area contributed by atoms with Gasteiger partial charge in [-0.2, -0.15) is 0 Å². The topological polar surface area (TPSA) is 121 Å². The number of nitrogens with zero attached hydrogens (tertiary/aromatic N) is 1. The Kier molecular flexibility index (Phi) is 11.6. The molecule has 0 heterocycles. The minimum atomic E-state index is -1.53. The zero-order chi connectivity index (χ0) is 16.8. The van der Waals surface area contributed by atoms with E-state index in [0.717, 1.165) is 0 Å². The van der Waals surface area contributed by atoms with E-state index in [4.69, 9.17) is 5.11 Å². The van der Waals surface area contributed by atoms with Gasteiger partial charge in [-0.05, 0) is 11.8 Å². The van der Waals surface area contributed by atoms with E-state index < -0.39 is 30.4 Å². The van der Waals surface area contributed by atoms with Crippen molar-refractivity contribution in [3.63, 3.8) is 0 Å². The summed E-state index contributed by atoms with van der Waals surface area (Å²) in [5.41, 5.74) is -0.179. The molecular formula is C14H29NO6V. The van der Waals surface area contributed by atoms with Crippen molar-refractivity contribution in [1.29, 1.82) is 0 Å². The predicted molar refractivity (Wildman–Crippen MR) is 77.8 cm³/mol. The summed E-state index contributed by atoms with van der Waals surface area (Å²) in [4.78, 5) is 12.4. The average Bonchev–Trinajstić information content (AvgIpc) is 2.32. The van der Waals surface area contributed by atoms with Crippen molar-refractivity contribution >= 4 is 5.97 Å². The van der Waals surface area contributed by atoms with Crippen molar-refractivity contribution < 1.29 is 48.9 Å². The van der Waals surface area contributed by atoms with Crippen molar-refractivity contribution in [2.45, 2.75) is 58.5 Å². The Morgan fingerprint density at radius 3 is 1.86 bits per heavy atom. The summed E-state index contributed by atoms with van der Waals surface area (Å²) in [6.07, 6.45) is -5.23. The minimum Gasteiger partial charge on any atom is -0.480 e. The molecule has 22 heavy (non-hydrogen) atoms. The van der Waals surface area contributed by atoms with Crippen LogP contribution < -0.4 is 0 Å². The molecule has 0 rings (SSSR count). The third-order valence-electron chi connectivity index (χ3n) is 3.06. The molecule has 0 unspecified atom stereocenters. The van der Waals surface area contributed by atoms with E-state index in [2.05, 4.69) is 0 Å². The molecule has 8 heteroatoms. The number of rotatable bonds is 9. The van der Waals surface area contributed by atoms with E-state index in [0.29, 0.717) is 6.54 Å². The zero-order valence-electron chi connectivity index (χ0n) is 13.7. The van der Waals surface area contributed by atoms with Gasteiger partial charge in [0.1, 0.15) is 12.2 Å². The molecule has 0 saturated heterocycles. The van der Waals surface area contributed by atoms with Gasteiger partial charge in [0.05, 0.1) is 18.8 Å². The maximum Gasteiger partial charge on any atom is 0.317 e. The van der Waals surface area contributed by atoms with E-state index in [1.807, 2.05) is 20.8 Å². The second-order valence-electron chi connectivity index (χ2n) is 6.65. The van der Waals surface area contributed by atoms with Crippen molar-refractivity contribution in [2.24, 2.45) is 5.41 Å². The summed E-state index contributed by atoms with van der Waals surface area (Å²) < 4.78 is 0. The standard InChI is InChI=1S/C14H29NO6.V/c1-5-9(16)12(20)13(21)10(17)6-15(7-11(18)19)8-14(2,3)4;/h9-10,12-13,16-17,20-21H,5-8H2,1-4H3,(H,18,19);/t9-,10+,12-,13-;/m0./s1. The molecule has 0 aromatic carbocycles. The van der Waals surface area contributed by atoms with Crippen LogP contribution in [0, 0.1) is 5.41 Å². The van der Waals surface area contributed by atoms with Crippen LogP contribution in [-0.2, 0) is 23.4 Å². The summed E-state index contributed by atoms with van der Waals surface area (Å²) in [7, 11) is 0. The minimum absolute atomic E-state index is 0. The van der Waals surface area contributed by atoms with Crippen LogP contribution in [0.15, 0.2) is 0 Å². The summed E-state index contributed by atoms with van der Waals surface area (Å²) in [5.74, 6) is -1.03. The largest absolute Gasteiger partial charge is 0.480 e. The van der Waals surface area contributed by atoms with Crippen molar-refractivity contribution in [1.82, 2.24) is 4.90 Å². The SMILES string of the molecule is CC[C@H](O)[C@H](O)[C@@H](O)[C@H](O)CN(CC(=O)O)CC(C)(C)C.[V]. The molecular weight excluding hydrogens is 329 g/mol. The number of aliphatic carboxylic acids is 1. The fourth-order valence-corrected chi connectivity index (χ4v) is 2.12. The molecule has 0 aliphatic carbocycles. The smallest absolute Gasteiger partial charge is 0.317 e. The molecule has 0 bridgehead atoms. The summed E-state index contributed by atoms with van der Waals surface area (Å²) in [6.45, 7) is 7.48. The molecule has 0 aromatic heterocycles. The van der Waals surface area contributed by atoms with Gasteiger partial charge in [0.15, 0.2) is 0 Å². The predicted octanol–water partition coefficient (Wildman–Crippen LogP) is -0.730. The van der Waals surface area contributed by atoms with Gasteiger partial charge in [0, 0.05) is 31.6 Å². The maximum absolute atomic E-state index is 10.9. The quantitative estimate of drug-likeness (QED) is 0.368. The average molecular weight is 358 g/mol. The molecule has 0 spiro atoms. The molecule has 7 nitrogen and oxygen atoms in total. The van der Waals surface area contributed by atoms with Crippen LogP contribution in [0.2, 0.25) is 0 Å². The third kappa shape index (κ3) is 9.79. The Balaban J connectivity index is 0. The van der Waals surface area contributed by atoms with Crippen LogP contribution in [0.5, 0.6) is 0 Å². The molecule has 0 aromatic rings. The number of aliphatic hydroxyl groups excluding tert-OH is 4. The first-order valence-electron chi connectivity index (χ1n) is 7.14. The second-order valence-corrected chi connectivity index (χ2v) is 6.65. The number of carboxylic acid groups (broad SMARTS) is 1. The van der Waals surface area contributed by atoms with Gasteiger partial charge in [-0.25, -0.2) is 0 Å². The number of aliphatic hydroxyl groups is 4. The molecule has 0 saturated carbocycles. The fourth-order valence-electron chi connectivity index (χ4n) is 2.12. The fraction of sp³-hybridized carbons (Fsp3) is 0.929. The third-order valence-corrected chi connectivity index (χ3v) is 3.06. The van der Waals surface area contributed by atoms with Gasteiger partial charge in [-0.1, -0.05) is 27.7 Å². The number of carboxylic acids is 1. The Morgan fingerprint density at radius 1 is 1.05 bits per heavy atom. The zero-order valence-corrected chi connectivity index (χ0v) is 15.1. The van der Waals surface area contributed by atoms with Crippen LogP contribution in [0.25, 0.3) is 0 Å². The van der Waals surface area contributed by atoms with E-state index >= 15 is 0 Å². The Morgan fingerprint density at radius 2 is 1.50 bits per heavy atom. The van der Waals surface area contributed by atoms with Crippen molar-refractivity contribution in [2.75, 3.05) is 19.6 Å². The summed E-state index contributed by atoms with van der Waals surface area (Å²) >= 11 is 0. The van der Waals surface area contributed by atoms with E-state index in [-0.39, 0.29) is 43.5 Å². The molecule has 131 valence electrons. The van der Waals surface area contributed by atoms with E-state index in [1.54, 1.807) is 6.92 Å². The Labute approximate surface area is 143 Å². The van der Waals surface area contributed by atoms with E-state index in [9.17, 15) is 25.2 Å². The monoisotopic (exact) mass is 358 g/mol. The van der Waals surface area contributed by atoms with Crippen LogP contribution in [0.1, 0.15) is 34.1 Å². The molecule has 5 N–H and O–H groups in total. The van der Waals surface area contributed by atoms with Crippen molar-refractivity contribution in [3.8, 4) is 0 Å². The van der Waals surface area contributed by atoms with Gasteiger partial charge in [-0.3, -0.25) is 9.69 Å².